The number of rotatable bonds is 5. The second-order valence-corrected chi connectivity index (χ2v) is 3.10. The second kappa shape index (κ2) is 6.01. The average Bonchev–Trinajstić information content (AvgIpc) is 2.29. The minimum Gasteiger partial charge on any atom is -0.493 e. The first-order chi connectivity index (χ1) is 7.27. The molecule has 1 aromatic carbocycles. The van der Waals surface area contributed by atoms with E-state index >= 15 is 0 Å². The van der Waals surface area contributed by atoms with Gasteiger partial charge >= 0.3 is 0 Å². The van der Waals surface area contributed by atoms with Crippen molar-refractivity contribution < 1.29 is 14.3 Å². The maximum Gasteiger partial charge on any atom is 0.119 e. The van der Waals surface area contributed by atoms with Crippen LogP contribution in [0.3, 0.4) is 0 Å². The molecule has 0 fully saturated rings. The van der Waals surface area contributed by atoms with Gasteiger partial charge in [0.05, 0.1) is 19.0 Å². The van der Waals surface area contributed by atoms with E-state index in [9.17, 15) is 4.39 Å². The van der Waals surface area contributed by atoms with Crippen molar-refractivity contribution in [1.29, 1.82) is 0 Å². The van der Waals surface area contributed by atoms with E-state index in [1.165, 1.54) is 0 Å². The maximum atomic E-state index is 11.8. The van der Waals surface area contributed by atoms with Gasteiger partial charge in [-0.05, 0) is 19.1 Å². The number of benzene rings is 1. The van der Waals surface area contributed by atoms with E-state index in [0.717, 1.165) is 5.56 Å². The second-order valence-electron chi connectivity index (χ2n) is 3.10. The summed E-state index contributed by atoms with van der Waals surface area (Å²) in [6.45, 7) is 1.67. The van der Waals surface area contributed by atoms with Crippen LogP contribution in [-0.2, 0) is 0 Å². The van der Waals surface area contributed by atoms with Crippen LogP contribution in [0, 0.1) is 0 Å². The predicted molar refractivity (Wildman–Crippen MR) is 56.5 cm³/mol. The van der Waals surface area contributed by atoms with Gasteiger partial charge in [0.2, 0.25) is 0 Å². The summed E-state index contributed by atoms with van der Waals surface area (Å²) in [5.74, 6) is 0.656. The Kier molecular flexibility index (Phi) is 4.60. The van der Waals surface area contributed by atoms with E-state index in [1.54, 1.807) is 25.1 Å². The Labute approximate surface area is 88.2 Å². The Hall–Kier alpha value is -1.58. The molecule has 0 unspecified atom stereocenters. The van der Waals surface area contributed by atoms with Gasteiger partial charge in [-0.15, -0.1) is 0 Å². The Morgan fingerprint density at radius 1 is 1.53 bits per heavy atom. The Bertz CT molecular complexity index is 339. The first-order valence-corrected chi connectivity index (χ1v) is 4.76. The van der Waals surface area contributed by atoms with E-state index in [-0.39, 0.29) is 6.67 Å². The zero-order valence-electron chi connectivity index (χ0n) is 8.61. The molecule has 0 heterocycles. The van der Waals surface area contributed by atoms with Crippen LogP contribution in [0.25, 0.3) is 0 Å². The molecule has 1 N–H and O–H groups in total. The molecule has 15 heavy (non-hydrogen) atoms. The number of oxime groups is 1. The highest BCUT2D eigenvalue weighted by atomic mass is 19.1. The smallest absolute Gasteiger partial charge is 0.119 e. The molecular formula is C11H14FNO2. The molecule has 0 aliphatic rings. The summed E-state index contributed by atoms with van der Waals surface area (Å²) in [7, 11) is 0. The normalized spacial score (nSPS) is 11.5. The van der Waals surface area contributed by atoms with Crippen LogP contribution >= 0.6 is 0 Å². The van der Waals surface area contributed by atoms with E-state index in [0.29, 0.717) is 24.5 Å². The summed E-state index contributed by atoms with van der Waals surface area (Å²) >= 11 is 0. The third kappa shape index (κ3) is 3.58. The predicted octanol–water partition coefficient (Wildman–Crippen LogP) is 2.62. The maximum absolute atomic E-state index is 11.8. The zero-order chi connectivity index (χ0) is 11.1. The fourth-order valence-corrected chi connectivity index (χ4v) is 1.11. The Balaban J connectivity index is 2.66. The molecule has 0 aliphatic heterocycles. The number of hydrogen-bond acceptors (Lipinski definition) is 3. The quantitative estimate of drug-likeness (QED) is 0.352. The van der Waals surface area contributed by atoms with Crippen molar-refractivity contribution in [2.24, 2.45) is 5.16 Å². The zero-order valence-corrected chi connectivity index (χ0v) is 8.61. The van der Waals surface area contributed by atoms with Crippen LogP contribution in [0.15, 0.2) is 29.4 Å². The first kappa shape index (κ1) is 11.5. The third-order valence-electron chi connectivity index (χ3n) is 1.95. The molecule has 0 spiro atoms. The lowest BCUT2D eigenvalue weighted by Gasteiger charge is -2.06. The van der Waals surface area contributed by atoms with Crippen LogP contribution < -0.4 is 4.74 Å². The lowest BCUT2D eigenvalue weighted by molar-refractivity contribution is 0.289. The summed E-state index contributed by atoms with van der Waals surface area (Å²) in [4.78, 5) is 0. The molecule has 3 nitrogen and oxygen atoms in total. The van der Waals surface area contributed by atoms with Crippen LogP contribution in [0.1, 0.15) is 18.9 Å². The first-order valence-electron chi connectivity index (χ1n) is 4.76. The minimum absolute atomic E-state index is 0.356. The molecule has 1 aromatic rings. The Morgan fingerprint density at radius 2 is 2.33 bits per heavy atom. The number of hydrogen-bond donors (Lipinski definition) is 1. The molecular weight excluding hydrogens is 197 g/mol. The van der Waals surface area contributed by atoms with Crippen LogP contribution in [-0.4, -0.2) is 24.2 Å². The van der Waals surface area contributed by atoms with Crippen LogP contribution in [0.5, 0.6) is 5.75 Å². The van der Waals surface area contributed by atoms with Gasteiger partial charge in [0.15, 0.2) is 0 Å². The molecule has 0 saturated carbocycles. The lowest BCUT2D eigenvalue weighted by atomic mass is 10.1. The lowest BCUT2D eigenvalue weighted by Crippen LogP contribution is -2.00. The fraction of sp³-hybridized carbons (Fsp3) is 0.364. The van der Waals surface area contributed by atoms with Gasteiger partial charge in [0.1, 0.15) is 5.75 Å². The minimum atomic E-state index is -0.378. The third-order valence-corrected chi connectivity index (χ3v) is 1.95. The summed E-state index contributed by atoms with van der Waals surface area (Å²) in [6.07, 6.45) is 0.386. The van der Waals surface area contributed by atoms with E-state index in [1.807, 2.05) is 6.07 Å². The number of ether oxygens (including phenoxy) is 1. The topological polar surface area (TPSA) is 41.8 Å². The molecule has 0 bridgehead atoms. The molecule has 82 valence electrons. The summed E-state index contributed by atoms with van der Waals surface area (Å²) in [6, 6.07) is 7.16. The molecule has 0 radical (unpaired) electrons. The van der Waals surface area contributed by atoms with Gasteiger partial charge in [-0.2, -0.15) is 0 Å². The van der Waals surface area contributed by atoms with Gasteiger partial charge in [-0.25, -0.2) is 0 Å². The standard InChI is InChI=1S/C11H14FNO2/c1-9(13-14)10-4-2-5-11(8-10)15-7-3-6-12/h2,4-5,8,14H,3,6-7H2,1H3/b13-9-. The van der Waals surface area contributed by atoms with Gasteiger partial charge < -0.3 is 9.94 Å². The molecule has 0 saturated heterocycles. The highest BCUT2D eigenvalue weighted by Gasteiger charge is 2.00. The van der Waals surface area contributed by atoms with Gasteiger partial charge in [-0.3, -0.25) is 4.39 Å². The van der Waals surface area contributed by atoms with Gasteiger partial charge in [0.25, 0.3) is 0 Å². The monoisotopic (exact) mass is 211 g/mol. The molecule has 0 amide bonds. The van der Waals surface area contributed by atoms with Crippen LogP contribution in [0.4, 0.5) is 4.39 Å². The van der Waals surface area contributed by atoms with E-state index in [4.69, 9.17) is 9.94 Å². The van der Waals surface area contributed by atoms with Crippen molar-refractivity contribution in [2.75, 3.05) is 13.3 Å². The molecule has 0 aromatic heterocycles. The van der Waals surface area contributed by atoms with Gasteiger partial charge in [0, 0.05) is 12.0 Å². The SMILES string of the molecule is C/C(=N/O)c1cccc(OCCCF)c1. The van der Waals surface area contributed by atoms with Crippen molar-refractivity contribution >= 4 is 5.71 Å². The van der Waals surface area contributed by atoms with Crippen molar-refractivity contribution in [3.05, 3.63) is 29.8 Å². The molecule has 1 rings (SSSR count). The number of nitrogens with zero attached hydrogens (tertiary/aromatic N) is 1. The largest absolute Gasteiger partial charge is 0.493 e. The van der Waals surface area contributed by atoms with Gasteiger partial charge in [-0.1, -0.05) is 17.3 Å². The summed E-state index contributed by atoms with van der Waals surface area (Å²) < 4.78 is 17.1. The van der Waals surface area contributed by atoms with Crippen molar-refractivity contribution in [3.8, 4) is 5.75 Å². The molecule has 0 aliphatic carbocycles. The van der Waals surface area contributed by atoms with Crippen molar-refractivity contribution in [3.63, 3.8) is 0 Å². The summed E-state index contributed by atoms with van der Waals surface area (Å²) in [5.41, 5.74) is 1.31. The number of halogens is 1. The summed E-state index contributed by atoms with van der Waals surface area (Å²) in [5, 5.41) is 11.7. The fourth-order valence-electron chi connectivity index (χ4n) is 1.11. The Morgan fingerprint density at radius 3 is 3.00 bits per heavy atom. The average molecular weight is 211 g/mol. The molecule has 0 atom stereocenters. The van der Waals surface area contributed by atoms with Crippen molar-refractivity contribution in [2.45, 2.75) is 13.3 Å². The molecule has 4 heteroatoms. The number of alkyl halides is 1. The highest BCUT2D eigenvalue weighted by Crippen LogP contribution is 2.14. The van der Waals surface area contributed by atoms with Crippen molar-refractivity contribution in [1.82, 2.24) is 0 Å². The van der Waals surface area contributed by atoms with E-state index in [2.05, 4.69) is 5.16 Å². The van der Waals surface area contributed by atoms with Crippen LogP contribution in [0.2, 0.25) is 0 Å². The highest BCUT2D eigenvalue weighted by molar-refractivity contribution is 5.98. The van der Waals surface area contributed by atoms with E-state index < -0.39 is 0 Å².